The van der Waals surface area contributed by atoms with Gasteiger partial charge in [0.2, 0.25) is 0 Å². The fourth-order valence-electron chi connectivity index (χ4n) is 3.67. The van der Waals surface area contributed by atoms with Gasteiger partial charge < -0.3 is 25.4 Å². The summed E-state index contributed by atoms with van der Waals surface area (Å²) in [7, 11) is 0. The molecule has 8 nitrogen and oxygen atoms in total. The first-order valence-corrected chi connectivity index (χ1v) is 8.88. The van der Waals surface area contributed by atoms with Crippen LogP contribution in [0.5, 0.6) is 0 Å². The highest BCUT2D eigenvalue weighted by Gasteiger charge is 2.44. The smallest absolute Gasteiger partial charge is 0.165 e. The second-order valence-corrected chi connectivity index (χ2v) is 7.06. The molecule has 2 fully saturated rings. The Morgan fingerprint density at radius 1 is 1.28 bits per heavy atom. The van der Waals surface area contributed by atoms with E-state index in [1.165, 1.54) is 19.2 Å². The monoisotopic (exact) mass is 368 g/mol. The van der Waals surface area contributed by atoms with Gasteiger partial charge in [-0.1, -0.05) is 24.4 Å². The van der Waals surface area contributed by atoms with Crippen LogP contribution < -0.4 is 5.32 Å². The second-order valence-electron chi connectivity index (χ2n) is 6.67. The highest BCUT2D eigenvalue weighted by molar-refractivity contribution is 6.30. The molecule has 25 heavy (non-hydrogen) atoms. The standard InChI is InChI=1S/C16H21ClN4O4/c17-11-5-9(19-8-3-1-2-4-8)12-15(20-11)21(7-18-12)16-14(24)13(23)10(6-22)25-16/h5,7-8,10,13-14,16,22-24H,1-4,6H2,(H,19,20)/t10-,13-,14-,16-/m1/s1. The fraction of sp³-hybridized carbons (Fsp3) is 0.625. The highest BCUT2D eigenvalue weighted by atomic mass is 35.5. The zero-order chi connectivity index (χ0) is 17.6. The average molecular weight is 369 g/mol. The Hall–Kier alpha value is -1.45. The van der Waals surface area contributed by atoms with E-state index < -0.39 is 24.5 Å². The lowest BCUT2D eigenvalue weighted by atomic mass is 10.1. The number of halogens is 1. The molecule has 0 aromatic carbocycles. The third kappa shape index (κ3) is 2.98. The van der Waals surface area contributed by atoms with Crippen LogP contribution in [0.2, 0.25) is 5.15 Å². The summed E-state index contributed by atoms with van der Waals surface area (Å²) in [6, 6.07) is 2.14. The summed E-state index contributed by atoms with van der Waals surface area (Å²) >= 11 is 6.18. The SMILES string of the molecule is OC[C@H]1O[C@@H](n2cnc3c(NC4CCCC4)cc(Cl)nc32)[C@H](O)[C@@H]1O. The van der Waals surface area contributed by atoms with Crippen molar-refractivity contribution in [3.63, 3.8) is 0 Å². The van der Waals surface area contributed by atoms with E-state index in [9.17, 15) is 15.3 Å². The van der Waals surface area contributed by atoms with Gasteiger partial charge in [0.1, 0.15) is 29.0 Å². The van der Waals surface area contributed by atoms with Gasteiger partial charge in [0.25, 0.3) is 0 Å². The Kier molecular flexibility index (Phi) is 4.55. The minimum atomic E-state index is -1.19. The number of aliphatic hydroxyl groups excluding tert-OH is 3. The molecule has 4 rings (SSSR count). The van der Waals surface area contributed by atoms with E-state index in [2.05, 4.69) is 15.3 Å². The Labute approximate surface area is 149 Å². The molecule has 0 radical (unpaired) electrons. The first kappa shape index (κ1) is 17.0. The lowest BCUT2D eigenvalue weighted by Gasteiger charge is -2.17. The Morgan fingerprint density at radius 2 is 2.04 bits per heavy atom. The lowest BCUT2D eigenvalue weighted by molar-refractivity contribution is -0.0511. The molecule has 1 aliphatic heterocycles. The van der Waals surface area contributed by atoms with Crippen LogP contribution in [0.1, 0.15) is 31.9 Å². The van der Waals surface area contributed by atoms with E-state index in [4.69, 9.17) is 16.3 Å². The molecule has 2 aromatic heterocycles. The topological polar surface area (TPSA) is 113 Å². The summed E-state index contributed by atoms with van der Waals surface area (Å²) < 4.78 is 7.12. The van der Waals surface area contributed by atoms with Crippen LogP contribution in [0.25, 0.3) is 11.2 Å². The number of anilines is 1. The van der Waals surface area contributed by atoms with E-state index in [1.54, 1.807) is 10.6 Å². The number of nitrogens with zero attached hydrogens (tertiary/aromatic N) is 3. The van der Waals surface area contributed by atoms with E-state index in [-0.39, 0.29) is 6.61 Å². The molecule has 136 valence electrons. The molecule has 1 saturated heterocycles. The van der Waals surface area contributed by atoms with Crippen molar-refractivity contribution in [2.75, 3.05) is 11.9 Å². The molecule has 0 amide bonds. The highest BCUT2D eigenvalue weighted by Crippen LogP contribution is 2.34. The maximum absolute atomic E-state index is 10.2. The molecule has 1 aliphatic carbocycles. The summed E-state index contributed by atoms with van der Waals surface area (Å²) in [6.45, 7) is -0.385. The van der Waals surface area contributed by atoms with Crippen molar-refractivity contribution in [1.29, 1.82) is 0 Å². The van der Waals surface area contributed by atoms with Crippen molar-refractivity contribution in [3.05, 3.63) is 17.5 Å². The first-order valence-electron chi connectivity index (χ1n) is 8.50. The molecular weight excluding hydrogens is 348 g/mol. The minimum Gasteiger partial charge on any atom is -0.394 e. The predicted octanol–water partition coefficient (Wildman–Crippen LogP) is 1.05. The summed E-state index contributed by atoms with van der Waals surface area (Å²) in [4.78, 5) is 8.72. The van der Waals surface area contributed by atoms with Crippen molar-refractivity contribution in [2.24, 2.45) is 0 Å². The number of hydrogen-bond donors (Lipinski definition) is 4. The van der Waals surface area contributed by atoms with Crippen LogP contribution in [-0.4, -0.2) is 60.8 Å². The molecule has 4 N–H and O–H groups in total. The number of fused-ring (bicyclic) bond motifs is 1. The number of imidazole rings is 1. The third-order valence-corrected chi connectivity index (χ3v) is 5.20. The zero-order valence-electron chi connectivity index (χ0n) is 13.5. The molecule has 2 aromatic rings. The van der Waals surface area contributed by atoms with Crippen molar-refractivity contribution in [3.8, 4) is 0 Å². The summed E-state index contributed by atoms with van der Waals surface area (Å²) in [5.41, 5.74) is 1.89. The van der Waals surface area contributed by atoms with Gasteiger partial charge in [-0.3, -0.25) is 4.57 Å². The molecule has 1 saturated carbocycles. The molecular formula is C16H21ClN4O4. The largest absolute Gasteiger partial charge is 0.394 e. The predicted molar refractivity (Wildman–Crippen MR) is 91.4 cm³/mol. The molecule has 2 aliphatic rings. The zero-order valence-corrected chi connectivity index (χ0v) is 14.3. The normalized spacial score (nSPS) is 30.4. The maximum atomic E-state index is 10.2. The van der Waals surface area contributed by atoms with E-state index in [1.807, 2.05) is 0 Å². The number of aliphatic hydroxyl groups is 3. The van der Waals surface area contributed by atoms with Gasteiger partial charge in [-0.15, -0.1) is 0 Å². The van der Waals surface area contributed by atoms with Gasteiger partial charge >= 0.3 is 0 Å². The Morgan fingerprint density at radius 3 is 2.72 bits per heavy atom. The van der Waals surface area contributed by atoms with Gasteiger partial charge in [0.15, 0.2) is 11.9 Å². The number of ether oxygens (including phenoxy) is 1. The summed E-state index contributed by atoms with van der Waals surface area (Å²) in [6.07, 6.45) is 2.02. The van der Waals surface area contributed by atoms with Crippen molar-refractivity contribution in [2.45, 2.75) is 56.3 Å². The number of nitrogens with one attached hydrogen (secondary N) is 1. The molecule has 0 spiro atoms. The third-order valence-electron chi connectivity index (χ3n) is 5.00. The van der Waals surface area contributed by atoms with Crippen LogP contribution >= 0.6 is 11.6 Å². The molecule has 4 atom stereocenters. The summed E-state index contributed by atoms with van der Waals surface area (Å²) in [5.74, 6) is 0. The van der Waals surface area contributed by atoms with Crippen LogP contribution in [0, 0.1) is 0 Å². The number of pyridine rings is 1. The van der Waals surface area contributed by atoms with Crippen LogP contribution in [0.15, 0.2) is 12.4 Å². The number of hydrogen-bond acceptors (Lipinski definition) is 7. The van der Waals surface area contributed by atoms with Crippen LogP contribution in [-0.2, 0) is 4.74 Å². The first-order chi connectivity index (χ1) is 12.1. The van der Waals surface area contributed by atoms with Gasteiger partial charge in [-0.2, -0.15) is 0 Å². The molecule has 9 heteroatoms. The Bertz CT molecular complexity index is 764. The minimum absolute atomic E-state index is 0.307. The summed E-state index contributed by atoms with van der Waals surface area (Å²) in [5, 5.41) is 33.3. The van der Waals surface area contributed by atoms with Gasteiger partial charge in [-0.05, 0) is 12.8 Å². The quantitative estimate of drug-likeness (QED) is 0.596. The Balaban J connectivity index is 1.70. The van der Waals surface area contributed by atoms with Crippen LogP contribution in [0.4, 0.5) is 5.69 Å². The van der Waals surface area contributed by atoms with Crippen molar-refractivity contribution >= 4 is 28.5 Å². The van der Waals surface area contributed by atoms with Crippen LogP contribution in [0.3, 0.4) is 0 Å². The van der Waals surface area contributed by atoms with Gasteiger partial charge in [-0.25, -0.2) is 9.97 Å². The lowest BCUT2D eigenvalue weighted by Crippen LogP contribution is -2.33. The van der Waals surface area contributed by atoms with Gasteiger partial charge in [0, 0.05) is 12.1 Å². The van der Waals surface area contributed by atoms with Crippen molar-refractivity contribution < 1.29 is 20.1 Å². The van der Waals surface area contributed by atoms with Crippen molar-refractivity contribution in [1.82, 2.24) is 14.5 Å². The number of rotatable bonds is 4. The van der Waals surface area contributed by atoms with E-state index >= 15 is 0 Å². The van der Waals surface area contributed by atoms with E-state index in [0.717, 1.165) is 18.5 Å². The maximum Gasteiger partial charge on any atom is 0.165 e. The average Bonchev–Trinajstić information content (AvgIpc) is 3.29. The number of aromatic nitrogens is 3. The second kappa shape index (κ2) is 6.69. The fourth-order valence-corrected chi connectivity index (χ4v) is 3.86. The molecule has 3 heterocycles. The van der Waals surface area contributed by atoms with E-state index in [0.29, 0.717) is 22.4 Å². The van der Waals surface area contributed by atoms with Gasteiger partial charge in [0.05, 0.1) is 18.6 Å². The molecule has 0 unspecified atom stereocenters. The molecule has 0 bridgehead atoms.